The van der Waals surface area contributed by atoms with Crippen LogP contribution in [0.2, 0.25) is 0 Å². The molecule has 15 nitrogen and oxygen atoms in total. The van der Waals surface area contributed by atoms with E-state index in [1.54, 1.807) is 28.3 Å². The van der Waals surface area contributed by atoms with Gasteiger partial charge in [-0.1, -0.05) is 37.3 Å². The molecular weight excluding hydrogens is 813 g/mol. The van der Waals surface area contributed by atoms with Crippen LogP contribution in [0.5, 0.6) is 0 Å². The number of benzene rings is 1. The predicted octanol–water partition coefficient (Wildman–Crippen LogP) is 7.55. The zero-order valence-electron chi connectivity index (χ0n) is 35.3. The maximum absolute atomic E-state index is 13.7. The number of fused-ring (bicyclic) bond motifs is 2. The van der Waals surface area contributed by atoms with Gasteiger partial charge in [-0.3, -0.25) is 14.0 Å². The van der Waals surface area contributed by atoms with E-state index in [1.807, 2.05) is 49.1 Å². The van der Waals surface area contributed by atoms with Crippen molar-refractivity contribution in [1.29, 1.82) is 0 Å². The van der Waals surface area contributed by atoms with Gasteiger partial charge in [0.1, 0.15) is 11.5 Å². The highest BCUT2D eigenvalue weighted by molar-refractivity contribution is 7.84. The molecule has 61 heavy (non-hydrogen) atoms. The van der Waals surface area contributed by atoms with Crippen molar-refractivity contribution in [2.24, 2.45) is 16.2 Å². The molecule has 4 aliphatic carbocycles. The first-order valence-electron chi connectivity index (χ1n) is 21.6. The number of thiazole rings is 1. The Morgan fingerprint density at radius 1 is 0.918 bits per heavy atom. The third-order valence-corrected chi connectivity index (χ3v) is 15.4. The minimum absolute atomic E-state index is 0.00217. The first-order valence-corrected chi connectivity index (χ1v) is 23.8. The van der Waals surface area contributed by atoms with Crippen molar-refractivity contribution < 1.29 is 22.5 Å². The van der Waals surface area contributed by atoms with Crippen LogP contribution in [0, 0.1) is 30.1 Å². The summed E-state index contributed by atoms with van der Waals surface area (Å²) >= 11 is 1.54. The van der Waals surface area contributed by atoms with Crippen LogP contribution in [0.3, 0.4) is 0 Å². The number of anilines is 4. The van der Waals surface area contributed by atoms with Gasteiger partial charge >= 0.3 is 10.3 Å². The summed E-state index contributed by atoms with van der Waals surface area (Å²) in [5.74, 6) is 0.581. The lowest BCUT2D eigenvalue weighted by molar-refractivity contribution is -0.248. The Morgan fingerprint density at radius 3 is 2.44 bits per heavy atom. The average Bonchev–Trinajstić information content (AvgIpc) is 3.94. The Balaban J connectivity index is 0.944. The number of nitrogens with zero attached hydrogens (tertiary/aromatic N) is 8. The number of nitrogens with one attached hydrogen (secondary N) is 2. The second-order valence-corrected chi connectivity index (χ2v) is 21.6. The first-order chi connectivity index (χ1) is 29.1. The van der Waals surface area contributed by atoms with Crippen LogP contribution in [-0.2, 0) is 28.0 Å². The van der Waals surface area contributed by atoms with E-state index in [2.05, 4.69) is 38.9 Å². The Kier molecular flexibility index (Phi) is 9.82. The molecule has 3 N–H and O–H groups in total. The molecule has 2 aliphatic heterocycles. The fourth-order valence-electron chi connectivity index (χ4n) is 12.8. The highest BCUT2D eigenvalue weighted by atomic mass is 32.2. The summed E-state index contributed by atoms with van der Waals surface area (Å²) in [7, 11) is -4.89. The molecule has 0 spiro atoms. The van der Waals surface area contributed by atoms with Crippen molar-refractivity contribution in [3.05, 3.63) is 65.1 Å². The Bertz CT molecular complexity index is 2610. The standard InChI is InChI=1S/C44H54N10O5S2/c1-28-30-10-9-17-53(38(30)50-49-37(28)48-40-46-33-11-5-6-12-34(33)60-40)35-14-13-31(36(47-35)39(55)51-61(56,57)58)32-20-45-54(29(32)2)27-43-22-41(3)21-42(4,23-43)25-44(24-41,26-43)59-19-18-52-15-7-8-16-52/h5-6,11-14,20H,7-10,15-19,21-27H2,1-4H3,(H,51,55)(H,46,48,49)(H,56,57,58)/t41-,42+,43?,44?. The van der Waals surface area contributed by atoms with Gasteiger partial charge in [-0.05, 0) is 132 Å². The summed E-state index contributed by atoms with van der Waals surface area (Å²) < 4.78 is 45.7. The number of pyridine rings is 1. The molecule has 322 valence electrons. The second kappa shape index (κ2) is 14.8. The summed E-state index contributed by atoms with van der Waals surface area (Å²) in [5.41, 5.74) is 4.83. The van der Waals surface area contributed by atoms with Crippen molar-refractivity contribution in [3.63, 3.8) is 0 Å². The number of ether oxygens (including phenoxy) is 1. The molecule has 1 saturated heterocycles. The fraction of sp³-hybridized carbons (Fsp3) is 0.545. The average molecular weight is 867 g/mol. The predicted molar refractivity (Wildman–Crippen MR) is 235 cm³/mol. The van der Waals surface area contributed by atoms with Gasteiger partial charge in [0.2, 0.25) is 0 Å². The van der Waals surface area contributed by atoms with Crippen LogP contribution in [-0.4, -0.2) is 92.1 Å². The number of hydrogen-bond acceptors (Lipinski definition) is 13. The van der Waals surface area contributed by atoms with E-state index in [9.17, 15) is 17.8 Å². The molecule has 17 heteroatoms. The number of aromatic nitrogens is 6. The van der Waals surface area contributed by atoms with Gasteiger partial charge < -0.3 is 19.9 Å². The van der Waals surface area contributed by atoms with E-state index in [0.29, 0.717) is 35.1 Å². The molecule has 4 aromatic heterocycles. The molecule has 6 aliphatic rings. The highest BCUT2D eigenvalue weighted by Gasteiger charge is 2.66. The number of amides is 1. The molecule has 5 aromatic rings. The van der Waals surface area contributed by atoms with Crippen LogP contribution in [0.25, 0.3) is 21.3 Å². The monoisotopic (exact) mass is 866 g/mol. The molecule has 4 atom stereocenters. The minimum atomic E-state index is -4.89. The largest absolute Gasteiger partial charge is 0.374 e. The van der Waals surface area contributed by atoms with Gasteiger partial charge in [0.25, 0.3) is 5.91 Å². The summed E-state index contributed by atoms with van der Waals surface area (Å²) in [6.45, 7) is 14.3. The van der Waals surface area contributed by atoms with Crippen LogP contribution >= 0.6 is 11.3 Å². The maximum atomic E-state index is 13.7. The zero-order chi connectivity index (χ0) is 42.4. The lowest BCUT2D eigenvalue weighted by Crippen LogP contribution is -2.64. The molecule has 1 aromatic carbocycles. The molecule has 4 bridgehead atoms. The number of carbonyl (C=O) groups is 1. The lowest BCUT2D eigenvalue weighted by atomic mass is 9.39. The van der Waals surface area contributed by atoms with Crippen molar-refractivity contribution in [2.45, 2.75) is 104 Å². The third kappa shape index (κ3) is 7.70. The first kappa shape index (κ1) is 40.5. The number of para-hydroxylation sites is 1. The molecule has 6 heterocycles. The molecule has 4 saturated carbocycles. The van der Waals surface area contributed by atoms with Crippen molar-refractivity contribution in [1.82, 2.24) is 39.6 Å². The molecular formula is C44H54N10O5S2. The lowest BCUT2D eigenvalue weighted by Gasteiger charge is -2.69. The van der Waals surface area contributed by atoms with Gasteiger partial charge in [0.05, 0.1) is 28.6 Å². The summed E-state index contributed by atoms with van der Waals surface area (Å²) in [5, 5.41) is 18.2. The summed E-state index contributed by atoms with van der Waals surface area (Å²) in [6, 6.07) is 11.6. The van der Waals surface area contributed by atoms with Gasteiger partial charge in [-0.25, -0.2) is 14.7 Å². The smallest absolute Gasteiger partial charge is 0.360 e. The van der Waals surface area contributed by atoms with Gasteiger partial charge in [0.15, 0.2) is 16.8 Å². The SMILES string of the molecule is Cc1c(Nc2nc3ccccc3s2)nnc2c1CCCN2c1ccc(-c2cnn(CC34CC5(OCCN6CCCC6)C[C@](C)(C3)C[C@](C)(C4)C5)c2C)c(C(=O)NS(=O)(=O)O)n1. The number of rotatable bonds is 12. The van der Waals surface area contributed by atoms with Crippen LogP contribution < -0.4 is 14.9 Å². The van der Waals surface area contributed by atoms with Gasteiger partial charge in [0, 0.05) is 47.6 Å². The number of hydrogen-bond donors (Lipinski definition) is 3. The topological polar surface area (TPSA) is 181 Å². The summed E-state index contributed by atoms with van der Waals surface area (Å²) in [6.07, 6.45) is 12.5. The Labute approximate surface area is 360 Å². The van der Waals surface area contributed by atoms with E-state index in [-0.39, 0.29) is 27.5 Å². The molecule has 0 radical (unpaired) electrons. The van der Waals surface area contributed by atoms with Crippen molar-refractivity contribution >= 4 is 60.3 Å². The van der Waals surface area contributed by atoms with E-state index >= 15 is 0 Å². The van der Waals surface area contributed by atoms with Crippen LogP contribution in [0.1, 0.15) is 98.9 Å². The van der Waals surface area contributed by atoms with E-state index < -0.39 is 16.2 Å². The van der Waals surface area contributed by atoms with Crippen LogP contribution in [0.15, 0.2) is 42.6 Å². The number of carbonyl (C=O) groups excluding carboxylic acids is 1. The van der Waals surface area contributed by atoms with Crippen molar-refractivity contribution in [2.75, 3.05) is 43.0 Å². The van der Waals surface area contributed by atoms with Gasteiger partial charge in [-0.2, -0.15) is 13.5 Å². The normalized spacial score (nSPS) is 27.2. The Morgan fingerprint density at radius 2 is 1.69 bits per heavy atom. The van der Waals surface area contributed by atoms with E-state index in [1.165, 1.54) is 32.4 Å². The van der Waals surface area contributed by atoms with E-state index in [0.717, 1.165) is 96.8 Å². The fourth-order valence-corrected chi connectivity index (χ4v) is 14.0. The molecule has 1 amide bonds. The second-order valence-electron chi connectivity index (χ2n) is 19.4. The summed E-state index contributed by atoms with van der Waals surface area (Å²) in [4.78, 5) is 27.7. The Hall–Kier alpha value is -4.55. The molecule has 5 fully saturated rings. The number of likely N-dealkylation sites (tertiary alicyclic amines) is 1. The molecule has 2 unspecified atom stereocenters. The van der Waals surface area contributed by atoms with Gasteiger partial charge in [-0.15, -0.1) is 10.2 Å². The van der Waals surface area contributed by atoms with E-state index in [4.69, 9.17) is 19.8 Å². The zero-order valence-corrected chi connectivity index (χ0v) is 37.0. The highest BCUT2D eigenvalue weighted by Crippen LogP contribution is 2.72. The maximum Gasteiger partial charge on any atom is 0.360 e. The van der Waals surface area contributed by atoms with Crippen LogP contribution in [0.4, 0.5) is 22.6 Å². The third-order valence-electron chi connectivity index (χ3n) is 14.0. The van der Waals surface area contributed by atoms with Crippen molar-refractivity contribution in [3.8, 4) is 11.1 Å². The molecule has 11 rings (SSSR count). The minimum Gasteiger partial charge on any atom is -0.374 e. The quantitative estimate of drug-likeness (QED) is 0.105.